The Morgan fingerprint density at radius 1 is 1.03 bits per heavy atom. The van der Waals surface area contributed by atoms with E-state index in [0.717, 1.165) is 0 Å². The highest BCUT2D eigenvalue weighted by atomic mass is 35.5. The maximum Gasteiger partial charge on any atom is 0.251 e. The van der Waals surface area contributed by atoms with Gasteiger partial charge in [0.2, 0.25) is 5.91 Å². The first-order valence-electron chi connectivity index (χ1n) is 9.18. The Morgan fingerprint density at radius 2 is 1.78 bits per heavy atom. The maximum absolute atomic E-state index is 12.5. The average Bonchev–Trinajstić information content (AvgIpc) is 3.11. The van der Waals surface area contributed by atoms with E-state index in [4.69, 9.17) is 46.4 Å². The molecule has 0 unspecified atom stereocenters. The standard InChI is InChI=1S/C20H17Cl4N5O2S/c1-10(25-19(31)11-3-5-13(22)14(23)7-11)18-27-28-20(29(18)2)32-9-17(30)26-16-6-4-12(21)8-15(16)24/h3-8,10H,9H2,1-2H3,(H,25,31)(H,26,30)/t10-/m0/s1. The number of carbonyl (C=O) groups excluding carboxylic acids is 2. The molecule has 3 aromatic rings. The van der Waals surface area contributed by atoms with Gasteiger partial charge in [-0.05, 0) is 43.3 Å². The first kappa shape index (κ1) is 24.7. The fourth-order valence-electron chi connectivity index (χ4n) is 2.72. The lowest BCUT2D eigenvalue weighted by Gasteiger charge is -2.14. The Hall–Kier alpha value is -1.97. The van der Waals surface area contributed by atoms with Crippen molar-refractivity contribution >= 4 is 75.7 Å². The second-order valence-corrected chi connectivity index (χ2v) is 9.29. The van der Waals surface area contributed by atoms with Crippen molar-refractivity contribution in [2.24, 2.45) is 7.05 Å². The number of benzene rings is 2. The molecule has 168 valence electrons. The highest BCUT2D eigenvalue weighted by molar-refractivity contribution is 7.99. The fourth-order valence-corrected chi connectivity index (χ4v) is 4.19. The molecule has 2 amide bonds. The SMILES string of the molecule is C[C@H](NC(=O)c1ccc(Cl)c(Cl)c1)c1nnc(SCC(=O)Nc2ccc(Cl)cc2Cl)n1C. The minimum atomic E-state index is -0.439. The van der Waals surface area contributed by atoms with Crippen LogP contribution in [-0.2, 0) is 11.8 Å². The minimum Gasteiger partial charge on any atom is -0.342 e. The Bertz CT molecular complexity index is 1170. The number of halogens is 4. The largest absolute Gasteiger partial charge is 0.342 e. The summed E-state index contributed by atoms with van der Waals surface area (Å²) >= 11 is 25.0. The van der Waals surface area contributed by atoms with E-state index in [0.29, 0.717) is 42.3 Å². The monoisotopic (exact) mass is 531 g/mol. The van der Waals surface area contributed by atoms with Crippen LogP contribution < -0.4 is 10.6 Å². The normalized spacial score (nSPS) is 11.8. The first-order chi connectivity index (χ1) is 15.2. The molecule has 32 heavy (non-hydrogen) atoms. The number of aromatic nitrogens is 3. The molecule has 3 rings (SSSR count). The highest BCUT2D eigenvalue weighted by Gasteiger charge is 2.19. The van der Waals surface area contributed by atoms with Crippen molar-refractivity contribution in [3.05, 3.63) is 67.9 Å². The number of thioether (sulfide) groups is 1. The Kier molecular flexibility index (Phi) is 8.30. The van der Waals surface area contributed by atoms with Gasteiger partial charge in [-0.2, -0.15) is 0 Å². The summed E-state index contributed by atoms with van der Waals surface area (Å²) in [6, 6.07) is 9.02. The van der Waals surface area contributed by atoms with Gasteiger partial charge in [-0.1, -0.05) is 58.2 Å². The third kappa shape index (κ3) is 6.08. The van der Waals surface area contributed by atoms with Crippen LogP contribution in [0.1, 0.15) is 29.1 Å². The summed E-state index contributed by atoms with van der Waals surface area (Å²) in [6.45, 7) is 1.78. The van der Waals surface area contributed by atoms with Gasteiger partial charge in [-0.3, -0.25) is 9.59 Å². The molecule has 0 aliphatic rings. The molecule has 0 spiro atoms. The van der Waals surface area contributed by atoms with Gasteiger partial charge in [0.25, 0.3) is 5.91 Å². The summed E-state index contributed by atoms with van der Waals surface area (Å²) in [6.07, 6.45) is 0. The van der Waals surface area contributed by atoms with Gasteiger partial charge in [-0.25, -0.2) is 0 Å². The number of rotatable bonds is 7. The molecule has 1 heterocycles. The molecule has 0 aliphatic carbocycles. The summed E-state index contributed by atoms with van der Waals surface area (Å²) in [5.41, 5.74) is 0.847. The van der Waals surface area contributed by atoms with E-state index in [2.05, 4.69) is 20.8 Å². The predicted octanol–water partition coefficient (Wildman–Crippen LogP) is 5.65. The van der Waals surface area contributed by atoms with E-state index in [-0.39, 0.29) is 17.6 Å². The van der Waals surface area contributed by atoms with E-state index in [1.165, 1.54) is 17.8 Å². The zero-order valence-corrected chi connectivity index (χ0v) is 20.7. The number of hydrogen-bond acceptors (Lipinski definition) is 5. The molecule has 0 saturated heterocycles. The van der Waals surface area contributed by atoms with E-state index in [1.54, 1.807) is 48.9 Å². The molecule has 0 bridgehead atoms. The van der Waals surface area contributed by atoms with Crippen LogP contribution in [0.5, 0.6) is 0 Å². The van der Waals surface area contributed by atoms with Crippen molar-refractivity contribution in [2.75, 3.05) is 11.1 Å². The van der Waals surface area contributed by atoms with Gasteiger partial charge in [0.1, 0.15) is 0 Å². The van der Waals surface area contributed by atoms with Gasteiger partial charge in [0, 0.05) is 17.6 Å². The van der Waals surface area contributed by atoms with Crippen molar-refractivity contribution in [2.45, 2.75) is 18.1 Å². The lowest BCUT2D eigenvalue weighted by Crippen LogP contribution is -2.28. The summed E-state index contributed by atoms with van der Waals surface area (Å²) in [5, 5.41) is 15.8. The van der Waals surface area contributed by atoms with E-state index < -0.39 is 6.04 Å². The lowest BCUT2D eigenvalue weighted by atomic mass is 10.2. The summed E-state index contributed by atoms with van der Waals surface area (Å²) < 4.78 is 1.72. The quantitative estimate of drug-likeness (QED) is 0.384. The number of nitrogens with zero attached hydrogens (tertiary/aromatic N) is 3. The van der Waals surface area contributed by atoms with Crippen molar-refractivity contribution in [1.29, 1.82) is 0 Å². The Morgan fingerprint density at radius 3 is 2.47 bits per heavy atom. The summed E-state index contributed by atoms with van der Waals surface area (Å²) in [5.74, 6) is 0.0360. The van der Waals surface area contributed by atoms with Crippen LogP contribution in [0.25, 0.3) is 0 Å². The van der Waals surface area contributed by atoms with E-state index in [9.17, 15) is 9.59 Å². The molecule has 0 fully saturated rings. The van der Waals surface area contributed by atoms with Crippen LogP contribution in [0, 0.1) is 0 Å². The zero-order chi connectivity index (χ0) is 23.4. The van der Waals surface area contributed by atoms with Crippen LogP contribution in [-0.4, -0.2) is 32.3 Å². The second kappa shape index (κ2) is 10.8. The molecule has 7 nitrogen and oxygen atoms in total. The summed E-state index contributed by atoms with van der Waals surface area (Å²) in [4.78, 5) is 24.8. The topological polar surface area (TPSA) is 88.9 Å². The van der Waals surface area contributed by atoms with Gasteiger partial charge in [0.15, 0.2) is 11.0 Å². The van der Waals surface area contributed by atoms with Crippen LogP contribution in [0.2, 0.25) is 20.1 Å². The molecule has 1 aromatic heterocycles. The number of carbonyl (C=O) groups is 2. The van der Waals surface area contributed by atoms with E-state index >= 15 is 0 Å². The van der Waals surface area contributed by atoms with Crippen LogP contribution in [0.3, 0.4) is 0 Å². The van der Waals surface area contributed by atoms with Crippen molar-refractivity contribution in [3.63, 3.8) is 0 Å². The minimum absolute atomic E-state index is 0.0922. The average molecular weight is 533 g/mol. The van der Waals surface area contributed by atoms with Crippen molar-refractivity contribution in [1.82, 2.24) is 20.1 Å². The maximum atomic E-state index is 12.5. The predicted molar refractivity (Wildman–Crippen MR) is 129 cm³/mol. The van der Waals surface area contributed by atoms with Gasteiger partial charge >= 0.3 is 0 Å². The second-order valence-electron chi connectivity index (χ2n) is 6.68. The van der Waals surface area contributed by atoms with E-state index in [1.807, 2.05) is 0 Å². The molecular weight excluding hydrogens is 516 g/mol. The van der Waals surface area contributed by atoms with Crippen LogP contribution in [0.4, 0.5) is 5.69 Å². The smallest absolute Gasteiger partial charge is 0.251 e. The third-order valence-corrected chi connectivity index (χ3v) is 6.63. The number of anilines is 1. The molecular formula is C20H17Cl4N5O2S. The Labute approximate surface area is 208 Å². The van der Waals surface area contributed by atoms with Crippen molar-refractivity contribution in [3.8, 4) is 0 Å². The molecule has 1 atom stereocenters. The van der Waals surface area contributed by atoms with Crippen molar-refractivity contribution < 1.29 is 9.59 Å². The lowest BCUT2D eigenvalue weighted by molar-refractivity contribution is -0.113. The molecule has 0 saturated carbocycles. The number of hydrogen-bond donors (Lipinski definition) is 2. The van der Waals surface area contributed by atoms with Gasteiger partial charge in [-0.15, -0.1) is 10.2 Å². The number of amides is 2. The summed E-state index contributed by atoms with van der Waals surface area (Å²) in [7, 11) is 1.76. The number of nitrogens with one attached hydrogen (secondary N) is 2. The molecule has 12 heteroatoms. The van der Waals surface area contributed by atoms with Gasteiger partial charge < -0.3 is 15.2 Å². The zero-order valence-electron chi connectivity index (χ0n) is 16.8. The molecule has 2 N–H and O–H groups in total. The first-order valence-corrected chi connectivity index (χ1v) is 11.7. The molecule has 0 aliphatic heterocycles. The third-order valence-electron chi connectivity index (χ3n) is 4.32. The fraction of sp³-hybridized carbons (Fsp3) is 0.200. The Balaban J connectivity index is 1.59. The molecule has 0 radical (unpaired) electrons. The van der Waals surface area contributed by atoms with Crippen LogP contribution >= 0.6 is 58.2 Å². The molecule has 2 aromatic carbocycles. The van der Waals surface area contributed by atoms with Crippen LogP contribution in [0.15, 0.2) is 41.6 Å². The highest BCUT2D eigenvalue weighted by Crippen LogP contribution is 2.26. The van der Waals surface area contributed by atoms with Gasteiger partial charge in [0.05, 0.1) is 32.5 Å².